The van der Waals surface area contributed by atoms with Crippen LogP contribution in [-0.4, -0.2) is 25.1 Å². The first-order valence-corrected chi connectivity index (χ1v) is 8.66. The fourth-order valence-corrected chi connectivity index (χ4v) is 2.99. The van der Waals surface area contributed by atoms with Gasteiger partial charge in [-0.15, -0.1) is 0 Å². The molecule has 6 nitrogen and oxygen atoms in total. The van der Waals surface area contributed by atoms with Crippen LogP contribution in [0.3, 0.4) is 0 Å². The highest BCUT2D eigenvalue weighted by molar-refractivity contribution is 6.13. The first-order valence-electron chi connectivity index (χ1n) is 8.66. The molecular formula is C22H18N2O4. The smallest absolute Gasteiger partial charge is 0.256 e. The van der Waals surface area contributed by atoms with E-state index < -0.39 is 0 Å². The highest BCUT2D eigenvalue weighted by Gasteiger charge is 2.16. The molecule has 4 aromatic rings. The molecule has 0 aliphatic rings. The summed E-state index contributed by atoms with van der Waals surface area (Å²) in [7, 11) is 3.12. The van der Waals surface area contributed by atoms with Gasteiger partial charge >= 0.3 is 0 Å². The molecule has 0 aliphatic carbocycles. The summed E-state index contributed by atoms with van der Waals surface area (Å²) in [5.74, 6) is 1.51. The number of carbonyl (C=O) groups excluding carboxylic acids is 1. The number of pyridine rings is 1. The van der Waals surface area contributed by atoms with Gasteiger partial charge in [-0.25, -0.2) is 4.98 Å². The van der Waals surface area contributed by atoms with Gasteiger partial charge in [-0.1, -0.05) is 18.2 Å². The number of aromatic nitrogens is 1. The van der Waals surface area contributed by atoms with Crippen molar-refractivity contribution in [2.24, 2.45) is 0 Å². The fourth-order valence-electron chi connectivity index (χ4n) is 2.99. The number of hydrogen-bond acceptors (Lipinski definition) is 5. The molecule has 140 valence electrons. The number of para-hydroxylation sites is 1. The van der Waals surface area contributed by atoms with Crippen LogP contribution in [0, 0.1) is 0 Å². The van der Waals surface area contributed by atoms with E-state index in [1.54, 1.807) is 50.8 Å². The molecule has 2 aromatic heterocycles. The van der Waals surface area contributed by atoms with E-state index in [0.29, 0.717) is 39.7 Å². The Kier molecular flexibility index (Phi) is 4.68. The van der Waals surface area contributed by atoms with Gasteiger partial charge in [0.05, 0.1) is 31.6 Å². The number of methoxy groups -OCH3 is 2. The standard InChI is InChI=1S/C22H18N2O4/c1-26-15-10-14(11-16(12-15)27-2)23-22(25)18-13-20(21-8-5-9-28-21)24-19-7-4-3-6-17(18)19/h3-13H,1-2H3,(H,23,25). The first kappa shape index (κ1) is 17.6. The molecule has 0 unspecified atom stereocenters. The third-order valence-corrected chi connectivity index (χ3v) is 4.34. The zero-order valence-electron chi connectivity index (χ0n) is 15.4. The highest BCUT2D eigenvalue weighted by Crippen LogP contribution is 2.28. The van der Waals surface area contributed by atoms with Crippen LogP contribution < -0.4 is 14.8 Å². The molecule has 28 heavy (non-hydrogen) atoms. The lowest BCUT2D eigenvalue weighted by Crippen LogP contribution is -2.13. The highest BCUT2D eigenvalue weighted by atomic mass is 16.5. The summed E-state index contributed by atoms with van der Waals surface area (Å²) >= 11 is 0. The van der Waals surface area contributed by atoms with Gasteiger partial charge in [0.1, 0.15) is 17.2 Å². The number of ether oxygens (including phenoxy) is 2. The van der Waals surface area contributed by atoms with Gasteiger partial charge in [0.15, 0.2) is 5.76 Å². The summed E-state index contributed by atoms with van der Waals surface area (Å²) in [4.78, 5) is 17.7. The second-order valence-electron chi connectivity index (χ2n) is 6.10. The van der Waals surface area contributed by atoms with Crippen LogP contribution in [0.4, 0.5) is 5.69 Å². The van der Waals surface area contributed by atoms with Crippen LogP contribution in [-0.2, 0) is 0 Å². The Labute approximate surface area is 161 Å². The second-order valence-corrected chi connectivity index (χ2v) is 6.10. The van der Waals surface area contributed by atoms with Crippen molar-refractivity contribution < 1.29 is 18.7 Å². The summed E-state index contributed by atoms with van der Waals surface area (Å²) in [5.41, 5.74) is 2.38. The number of fused-ring (bicyclic) bond motifs is 1. The summed E-state index contributed by atoms with van der Waals surface area (Å²) in [6, 6.07) is 18.0. The summed E-state index contributed by atoms with van der Waals surface area (Å²) in [6.45, 7) is 0. The van der Waals surface area contributed by atoms with Crippen LogP contribution in [0.2, 0.25) is 0 Å². The molecule has 0 fully saturated rings. The third kappa shape index (κ3) is 3.40. The van der Waals surface area contributed by atoms with Gasteiger partial charge in [0.2, 0.25) is 0 Å². The van der Waals surface area contributed by atoms with E-state index in [1.165, 1.54) is 0 Å². The van der Waals surface area contributed by atoms with Crippen LogP contribution >= 0.6 is 0 Å². The van der Waals surface area contributed by atoms with Gasteiger partial charge in [-0.3, -0.25) is 4.79 Å². The minimum Gasteiger partial charge on any atom is -0.497 e. The monoisotopic (exact) mass is 374 g/mol. The van der Waals surface area contributed by atoms with Gasteiger partial charge in [-0.05, 0) is 24.3 Å². The average molecular weight is 374 g/mol. The van der Waals surface area contributed by atoms with Crippen molar-refractivity contribution in [3.63, 3.8) is 0 Å². The van der Waals surface area contributed by atoms with Crippen molar-refractivity contribution in [2.75, 3.05) is 19.5 Å². The minimum atomic E-state index is -0.262. The zero-order valence-corrected chi connectivity index (χ0v) is 15.4. The number of rotatable bonds is 5. The average Bonchev–Trinajstić information content (AvgIpc) is 3.27. The first-order chi connectivity index (χ1) is 13.7. The van der Waals surface area contributed by atoms with E-state index in [9.17, 15) is 4.79 Å². The quantitative estimate of drug-likeness (QED) is 0.545. The van der Waals surface area contributed by atoms with E-state index in [1.807, 2.05) is 30.3 Å². The Balaban J connectivity index is 1.77. The molecule has 2 aromatic carbocycles. The van der Waals surface area contributed by atoms with Crippen molar-refractivity contribution in [1.29, 1.82) is 0 Å². The number of nitrogens with zero attached hydrogens (tertiary/aromatic N) is 1. The van der Waals surface area contributed by atoms with Crippen LogP contribution in [0.5, 0.6) is 11.5 Å². The molecule has 0 atom stereocenters. The van der Waals surface area contributed by atoms with Gasteiger partial charge in [0.25, 0.3) is 5.91 Å². The summed E-state index contributed by atoms with van der Waals surface area (Å²) in [5, 5.41) is 3.67. The van der Waals surface area contributed by atoms with E-state index >= 15 is 0 Å². The number of benzene rings is 2. The molecule has 0 radical (unpaired) electrons. The SMILES string of the molecule is COc1cc(NC(=O)c2cc(-c3ccco3)nc3ccccc23)cc(OC)c1. The van der Waals surface area contributed by atoms with E-state index in [4.69, 9.17) is 13.9 Å². The van der Waals surface area contributed by atoms with E-state index in [2.05, 4.69) is 10.3 Å². The third-order valence-electron chi connectivity index (χ3n) is 4.34. The van der Waals surface area contributed by atoms with Crippen LogP contribution in [0.25, 0.3) is 22.4 Å². The molecule has 6 heteroatoms. The maximum atomic E-state index is 13.1. The van der Waals surface area contributed by atoms with Crippen molar-refractivity contribution >= 4 is 22.5 Å². The molecule has 1 amide bonds. The molecule has 0 spiro atoms. The lowest BCUT2D eigenvalue weighted by atomic mass is 10.1. The normalized spacial score (nSPS) is 10.6. The van der Waals surface area contributed by atoms with Crippen LogP contribution in [0.1, 0.15) is 10.4 Å². The van der Waals surface area contributed by atoms with Gasteiger partial charge in [0, 0.05) is 29.3 Å². The second kappa shape index (κ2) is 7.44. The summed E-state index contributed by atoms with van der Waals surface area (Å²) < 4.78 is 16.0. The number of furan rings is 1. The molecule has 2 heterocycles. The largest absolute Gasteiger partial charge is 0.497 e. The lowest BCUT2D eigenvalue weighted by Gasteiger charge is -2.12. The lowest BCUT2D eigenvalue weighted by molar-refractivity contribution is 0.102. The number of carbonyl (C=O) groups is 1. The van der Waals surface area contributed by atoms with E-state index in [-0.39, 0.29) is 5.91 Å². The molecule has 1 N–H and O–H groups in total. The maximum Gasteiger partial charge on any atom is 0.256 e. The number of amides is 1. The Hall–Kier alpha value is -3.80. The predicted octanol–water partition coefficient (Wildman–Crippen LogP) is 4.76. The maximum absolute atomic E-state index is 13.1. The minimum absolute atomic E-state index is 0.262. The zero-order chi connectivity index (χ0) is 19.5. The van der Waals surface area contributed by atoms with Crippen molar-refractivity contribution in [3.8, 4) is 23.0 Å². The number of anilines is 1. The molecule has 0 aliphatic heterocycles. The van der Waals surface area contributed by atoms with Crippen LogP contribution in [0.15, 0.2) is 71.3 Å². The topological polar surface area (TPSA) is 73.6 Å². The van der Waals surface area contributed by atoms with Crippen molar-refractivity contribution in [2.45, 2.75) is 0 Å². The Morgan fingerprint density at radius 2 is 1.71 bits per heavy atom. The molecule has 0 saturated heterocycles. The Morgan fingerprint density at radius 3 is 2.39 bits per heavy atom. The Bertz CT molecular complexity index is 1110. The fraction of sp³-hybridized carbons (Fsp3) is 0.0909. The van der Waals surface area contributed by atoms with E-state index in [0.717, 1.165) is 5.39 Å². The van der Waals surface area contributed by atoms with Gasteiger partial charge < -0.3 is 19.2 Å². The summed E-state index contributed by atoms with van der Waals surface area (Å²) in [6.07, 6.45) is 1.58. The van der Waals surface area contributed by atoms with Crippen molar-refractivity contribution in [1.82, 2.24) is 4.98 Å². The molecule has 0 saturated carbocycles. The molecule has 0 bridgehead atoms. The van der Waals surface area contributed by atoms with Crippen molar-refractivity contribution in [3.05, 3.63) is 72.5 Å². The molecule has 4 rings (SSSR count). The molecular weight excluding hydrogens is 356 g/mol. The number of nitrogens with one attached hydrogen (secondary N) is 1. The van der Waals surface area contributed by atoms with Gasteiger partial charge in [-0.2, -0.15) is 0 Å². The number of hydrogen-bond donors (Lipinski definition) is 1. The predicted molar refractivity (Wildman–Crippen MR) is 107 cm³/mol. The Morgan fingerprint density at radius 1 is 0.964 bits per heavy atom.